The van der Waals surface area contributed by atoms with Gasteiger partial charge in [-0.2, -0.15) is 0 Å². The van der Waals surface area contributed by atoms with Crippen LogP contribution in [0.1, 0.15) is 23.7 Å². The lowest BCUT2D eigenvalue weighted by molar-refractivity contribution is 0.0948. The van der Waals surface area contributed by atoms with Crippen LogP contribution in [0.2, 0.25) is 5.28 Å². The van der Waals surface area contributed by atoms with E-state index >= 15 is 0 Å². The Morgan fingerprint density at radius 3 is 2.64 bits per heavy atom. The van der Waals surface area contributed by atoms with E-state index in [0.717, 1.165) is 6.42 Å². The van der Waals surface area contributed by atoms with Gasteiger partial charge < -0.3 is 5.32 Å². The van der Waals surface area contributed by atoms with Crippen LogP contribution >= 0.6 is 11.6 Å². The van der Waals surface area contributed by atoms with E-state index in [9.17, 15) is 4.79 Å². The monoisotopic (exact) mass is 211 g/mol. The summed E-state index contributed by atoms with van der Waals surface area (Å²) in [5, 5.41) is 3.03. The highest BCUT2D eigenvalue weighted by molar-refractivity contribution is 6.28. The minimum atomic E-state index is -0.129. The molecule has 5 heteroatoms. The van der Waals surface area contributed by atoms with Crippen molar-refractivity contribution in [3.63, 3.8) is 0 Å². The number of carbonyl (C=O) groups is 1. The van der Waals surface area contributed by atoms with Crippen LogP contribution in [-0.2, 0) is 0 Å². The Bertz CT molecular complexity index is 352. The molecule has 0 bridgehead atoms. The predicted molar refractivity (Wildman–Crippen MR) is 52.1 cm³/mol. The van der Waals surface area contributed by atoms with Crippen molar-refractivity contribution in [2.45, 2.75) is 19.4 Å². The Morgan fingerprint density at radius 1 is 1.57 bits per heavy atom. The SMILES string of the molecule is CC1CC1NC(=O)c1cnc(Cl)nc1. The van der Waals surface area contributed by atoms with Gasteiger partial charge in [0.25, 0.3) is 5.91 Å². The molecule has 14 heavy (non-hydrogen) atoms. The number of hydrogen-bond acceptors (Lipinski definition) is 3. The minimum Gasteiger partial charge on any atom is -0.349 e. The third-order valence-corrected chi connectivity index (χ3v) is 2.50. The van der Waals surface area contributed by atoms with Gasteiger partial charge >= 0.3 is 0 Å². The molecule has 0 spiro atoms. The van der Waals surface area contributed by atoms with Gasteiger partial charge in [-0.1, -0.05) is 6.92 Å². The summed E-state index contributed by atoms with van der Waals surface area (Å²) in [5.41, 5.74) is 0.452. The van der Waals surface area contributed by atoms with Crippen molar-refractivity contribution >= 4 is 17.5 Å². The predicted octanol–water partition coefficient (Wildman–Crippen LogP) is 1.27. The first kappa shape index (κ1) is 9.40. The third-order valence-electron chi connectivity index (χ3n) is 2.31. The Labute approximate surface area is 86.7 Å². The molecule has 0 aromatic carbocycles. The van der Waals surface area contributed by atoms with Crippen molar-refractivity contribution in [3.05, 3.63) is 23.2 Å². The quantitative estimate of drug-likeness (QED) is 0.750. The topological polar surface area (TPSA) is 54.9 Å². The lowest BCUT2D eigenvalue weighted by Gasteiger charge is -2.02. The maximum atomic E-state index is 11.5. The average molecular weight is 212 g/mol. The largest absolute Gasteiger partial charge is 0.349 e. The molecule has 1 amide bonds. The van der Waals surface area contributed by atoms with Gasteiger partial charge in [-0.05, 0) is 23.9 Å². The van der Waals surface area contributed by atoms with Gasteiger partial charge in [0.15, 0.2) is 0 Å². The molecular formula is C9H10ClN3O. The Morgan fingerprint density at radius 2 is 2.14 bits per heavy atom. The summed E-state index contributed by atoms with van der Waals surface area (Å²) in [6.07, 6.45) is 3.91. The molecule has 1 aliphatic carbocycles. The number of halogens is 1. The van der Waals surface area contributed by atoms with E-state index in [1.807, 2.05) is 0 Å². The molecule has 0 radical (unpaired) electrons. The average Bonchev–Trinajstić information content (AvgIpc) is 2.82. The number of carbonyl (C=O) groups excluding carboxylic acids is 1. The highest BCUT2D eigenvalue weighted by Crippen LogP contribution is 2.29. The zero-order chi connectivity index (χ0) is 10.1. The molecule has 1 heterocycles. The Balaban J connectivity index is 2.00. The molecule has 1 fully saturated rings. The second-order valence-corrected chi connectivity index (χ2v) is 3.87. The van der Waals surface area contributed by atoms with Crippen molar-refractivity contribution in [3.8, 4) is 0 Å². The Hall–Kier alpha value is -1.16. The molecule has 1 aromatic rings. The van der Waals surface area contributed by atoms with Crippen LogP contribution in [0.3, 0.4) is 0 Å². The maximum absolute atomic E-state index is 11.5. The molecule has 2 unspecified atom stereocenters. The molecular weight excluding hydrogens is 202 g/mol. The number of aromatic nitrogens is 2. The van der Waals surface area contributed by atoms with Crippen LogP contribution in [-0.4, -0.2) is 21.9 Å². The van der Waals surface area contributed by atoms with Crippen LogP contribution in [0, 0.1) is 5.92 Å². The van der Waals surface area contributed by atoms with Crippen LogP contribution in [0.15, 0.2) is 12.4 Å². The summed E-state index contributed by atoms with van der Waals surface area (Å²) in [5.74, 6) is 0.461. The number of nitrogens with one attached hydrogen (secondary N) is 1. The number of nitrogens with zero attached hydrogens (tertiary/aromatic N) is 2. The van der Waals surface area contributed by atoms with Gasteiger partial charge in [0.05, 0.1) is 5.56 Å². The van der Waals surface area contributed by atoms with Gasteiger partial charge in [-0.15, -0.1) is 0 Å². The summed E-state index contributed by atoms with van der Waals surface area (Å²) in [4.78, 5) is 19.0. The standard InChI is InChI=1S/C9H10ClN3O/c1-5-2-7(5)13-8(14)6-3-11-9(10)12-4-6/h3-5,7H,2H2,1H3,(H,13,14). The summed E-state index contributed by atoms with van der Waals surface area (Å²) >= 11 is 5.50. The van der Waals surface area contributed by atoms with E-state index in [0.29, 0.717) is 17.5 Å². The second-order valence-electron chi connectivity index (χ2n) is 3.53. The lowest BCUT2D eigenvalue weighted by Crippen LogP contribution is -2.26. The van der Waals surface area contributed by atoms with Crippen molar-refractivity contribution in [2.75, 3.05) is 0 Å². The van der Waals surface area contributed by atoms with Gasteiger partial charge in [-0.25, -0.2) is 9.97 Å². The molecule has 1 saturated carbocycles. The molecule has 1 N–H and O–H groups in total. The Kier molecular flexibility index (Phi) is 2.37. The number of amides is 1. The van der Waals surface area contributed by atoms with Crippen molar-refractivity contribution in [1.82, 2.24) is 15.3 Å². The number of hydrogen-bond donors (Lipinski definition) is 1. The van der Waals surface area contributed by atoms with Crippen LogP contribution in [0.25, 0.3) is 0 Å². The highest BCUT2D eigenvalue weighted by atomic mass is 35.5. The van der Waals surface area contributed by atoms with Gasteiger partial charge in [0.2, 0.25) is 5.28 Å². The summed E-state index contributed by atoms with van der Waals surface area (Å²) in [6, 6.07) is 0.318. The molecule has 2 atom stereocenters. The smallest absolute Gasteiger partial charge is 0.254 e. The second kappa shape index (κ2) is 3.53. The highest BCUT2D eigenvalue weighted by Gasteiger charge is 2.34. The van der Waals surface area contributed by atoms with E-state index < -0.39 is 0 Å². The zero-order valence-corrected chi connectivity index (χ0v) is 8.45. The van der Waals surface area contributed by atoms with Crippen LogP contribution in [0.5, 0.6) is 0 Å². The molecule has 1 aliphatic rings. The fourth-order valence-corrected chi connectivity index (χ4v) is 1.30. The van der Waals surface area contributed by atoms with E-state index in [4.69, 9.17) is 11.6 Å². The van der Waals surface area contributed by atoms with Gasteiger partial charge in [0.1, 0.15) is 0 Å². The first-order chi connectivity index (χ1) is 6.66. The van der Waals surface area contributed by atoms with Gasteiger partial charge in [0, 0.05) is 18.4 Å². The third kappa shape index (κ3) is 2.01. The summed E-state index contributed by atoms with van der Waals surface area (Å²) < 4.78 is 0. The van der Waals surface area contributed by atoms with E-state index in [1.54, 1.807) is 0 Å². The van der Waals surface area contributed by atoms with Crippen molar-refractivity contribution < 1.29 is 4.79 Å². The molecule has 0 aliphatic heterocycles. The first-order valence-electron chi connectivity index (χ1n) is 4.45. The fourth-order valence-electron chi connectivity index (χ4n) is 1.20. The van der Waals surface area contributed by atoms with Crippen molar-refractivity contribution in [2.24, 2.45) is 5.92 Å². The van der Waals surface area contributed by atoms with Crippen molar-refractivity contribution in [1.29, 1.82) is 0 Å². The summed E-state index contributed by atoms with van der Waals surface area (Å²) in [7, 11) is 0. The minimum absolute atomic E-state index is 0.129. The molecule has 4 nitrogen and oxygen atoms in total. The normalized spacial score (nSPS) is 24.4. The van der Waals surface area contributed by atoms with E-state index in [2.05, 4.69) is 22.2 Å². The number of rotatable bonds is 2. The zero-order valence-electron chi connectivity index (χ0n) is 7.70. The molecule has 1 aromatic heterocycles. The van der Waals surface area contributed by atoms with E-state index in [1.165, 1.54) is 12.4 Å². The van der Waals surface area contributed by atoms with Crippen LogP contribution in [0.4, 0.5) is 0 Å². The fraction of sp³-hybridized carbons (Fsp3) is 0.444. The van der Waals surface area contributed by atoms with Crippen LogP contribution < -0.4 is 5.32 Å². The molecule has 0 saturated heterocycles. The maximum Gasteiger partial charge on any atom is 0.254 e. The first-order valence-corrected chi connectivity index (χ1v) is 4.83. The van der Waals surface area contributed by atoms with Gasteiger partial charge in [-0.3, -0.25) is 4.79 Å². The van der Waals surface area contributed by atoms with E-state index in [-0.39, 0.29) is 11.2 Å². The lowest BCUT2D eigenvalue weighted by atomic mass is 10.3. The molecule has 74 valence electrons. The molecule has 2 rings (SSSR count). The summed E-state index contributed by atoms with van der Waals surface area (Å²) in [6.45, 7) is 2.10.